The van der Waals surface area contributed by atoms with E-state index >= 15 is 0 Å². The number of carbonyl (C=O) groups excluding carboxylic acids is 2. The van der Waals surface area contributed by atoms with Gasteiger partial charge in [-0.3, -0.25) is 9.59 Å². The summed E-state index contributed by atoms with van der Waals surface area (Å²) in [5, 5.41) is 3.48. The molecule has 2 amide bonds. The van der Waals surface area contributed by atoms with E-state index in [0.29, 0.717) is 5.69 Å². The molecule has 0 fully saturated rings. The van der Waals surface area contributed by atoms with E-state index in [2.05, 4.69) is 36.7 Å². The number of benzene rings is 3. The summed E-state index contributed by atoms with van der Waals surface area (Å²) in [6.07, 6.45) is 1.22. The van der Waals surface area contributed by atoms with E-state index in [-0.39, 0.29) is 17.8 Å². The predicted octanol–water partition coefficient (Wildman–Crippen LogP) is 4.41. The van der Waals surface area contributed by atoms with E-state index in [1.165, 1.54) is 6.26 Å². The largest absolute Gasteiger partial charge is 0.412 e. The number of hydrogen-bond donors (Lipinski definition) is 4. The summed E-state index contributed by atoms with van der Waals surface area (Å²) >= 11 is 6.21. The number of thiol groups is 2. The number of para-hydroxylation sites is 1. The highest BCUT2D eigenvalue weighted by atomic mass is 32.2. The molecule has 1 heterocycles. The van der Waals surface area contributed by atoms with Crippen LogP contribution in [0.4, 0.5) is 9.59 Å². The summed E-state index contributed by atoms with van der Waals surface area (Å²) < 4.78 is 26.3. The van der Waals surface area contributed by atoms with Gasteiger partial charge in [0.2, 0.25) is 0 Å². The third kappa shape index (κ3) is 10.5. The van der Waals surface area contributed by atoms with E-state index in [4.69, 9.17) is 14.7 Å². The number of aromatic nitrogens is 2. The van der Waals surface area contributed by atoms with E-state index in [1.807, 2.05) is 72.8 Å². The SMILES string of the molecule is C.CS(=O)(=O)c1ccccc1-n1nc(-c2ccccc2)cc1-c1ccccc1.NC(=O)S.NC(=O)S.O. The summed E-state index contributed by atoms with van der Waals surface area (Å²) in [4.78, 5) is 18.4. The average Bonchev–Trinajstić information content (AvgIpc) is 3.24. The monoisotopic (exact) mass is 562 g/mol. The fourth-order valence-electron chi connectivity index (χ4n) is 3.07. The van der Waals surface area contributed by atoms with Gasteiger partial charge in [0.05, 0.1) is 22.0 Å². The van der Waals surface area contributed by atoms with Gasteiger partial charge in [-0.2, -0.15) is 5.10 Å². The highest BCUT2D eigenvalue weighted by Crippen LogP contribution is 2.30. The second-order valence-electron chi connectivity index (χ2n) is 6.98. The van der Waals surface area contributed by atoms with Crippen LogP contribution < -0.4 is 11.5 Å². The number of amides is 2. The summed E-state index contributed by atoms with van der Waals surface area (Å²) in [6, 6.07) is 28.6. The number of rotatable bonds is 4. The lowest BCUT2D eigenvalue weighted by atomic mass is 10.1. The van der Waals surface area contributed by atoms with Gasteiger partial charge in [0.25, 0.3) is 10.5 Å². The zero-order valence-electron chi connectivity index (χ0n) is 19.1. The van der Waals surface area contributed by atoms with Crippen molar-refractivity contribution in [2.24, 2.45) is 11.5 Å². The molecule has 0 saturated carbocycles. The molecule has 37 heavy (non-hydrogen) atoms. The van der Waals surface area contributed by atoms with Gasteiger partial charge < -0.3 is 16.9 Å². The van der Waals surface area contributed by atoms with E-state index in [1.54, 1.807) is 22.9 Å². The Morgan fingerprint density at radius 2 is 1.19 bits per heavy atom. The van der Waals surface area contributed by atoms with Gasteiger partial charge in [0.15, 0.2) is 9.84 Å². The molecule has 4 aromatic rings. The van der Waals surface area contributed by atoms with Crippen LogP contribution in [0.1, 0.15) is 7.43 Å². The van der Waals surface area contributed by atoms with Gasteiger partial charge in [-0.1, -0.05) is 105 Å². The Bertz CT molecular complexity index is 1370. The first-order valence-electron chi connectivity index (χ1n) is 9.98. The quantitative estimate of drug-likeness (QED) is 0.270. The van der Waals surface area contributed by atoms with Gasteiger partial charge in [0.1, 0.15) is 0 Å². The van der Waals surface area contributed by atoms with Gasteiger partial charge >= 0.3 is 0 Å². The maximum atomic E-state index is 12.3. The minimum Gasteiger partial charge on any atom is -0.412 e. The molecular formula is C25H30N4O5S3. The van der Waals surface area contributed by atoms with Crippen LogP contribution in [0, 0.1) is 0 Å². The van der Waals surface area contributed by atoms with E-state index in [0.717, 1.165) is 22.5 Å². The van der Waals surface area contributed by atoms with Gasteiger partial charge in [0, 0.05) is 17.4 Å². The highest BCUT2D eigenvalue weighted by molar-refractivity contribution is 7.96. The average molecular weight is 563 g/mol. The molecule has 9 nitrogen and oxygen atoms in total. The maximum absolute atomic E-state index is 12.3. The molecule has 0 atom stereocenters. The van der Waals surface area contributed by atoms with Gasteiger partial charge in [-0.05, 0) is 18.2 Å². The van der Waals surface area contributed by atoms with Crippen LogP contribution in [0.2, 0.25) is 0 Å². The van der Waals surface area contributed by atoms with E-state index in [9.17, 15) is 8.42 Å². The molecule has 0 bridgehead atoms. The Labute approximate surface area is 227 Å². The van der Waals surface area contributed by atoms with Gasteiger partial charge in [-0.25, -0.2) is 13.1 Å². The molecule has 4 rings (SSSR count). The lowest BCUT2D eigenvalue weighted by Gasteiger charge is -2.11. The molecular weight excluding hydrogens is 532 g/mol. The molecule has 0 aliphatic carbocycles. The van der Waals surface area contributed by atoms with Gasteiger partial charge in [-0.15, -0.1) is 0 Å². The molecule has 0 aliphatic rings. The first kappa shape index (κ1) is 33.4. The van der Waals surface area contributed by atoms with Crippen molar-refractivity contribution in [3.8, 4) is 28.2 Å². The summed E-state index contributed by atoms with van der Waals surface area (Å²) in [5.74, 6) is 0. The standard InChI is InChI=1S/C22H18N2O2S.2CH3NOS.CH4.H2O/c1-27(25,26)22-15-9-8-14-20(22)24-21(18-12-6-3-7-13-18)16-19(23-24)17-10-4-2-5-11-17;2*2-1(3)4;;/h2-16H,1H3;2*(H3,2,3,4);1H4;1H2. The zero-order chi connectivity index (χ0) is 26.0. The Morgan fingerprint density at radius 3 is 1.65 bits per heavy atom. The van der Waals surface area contributed by atoms with Crippen LogP contribution in [-0.4, -0.2) is 40.4 Å². The molecule has 0 aliphatic heterocycles. The normalized spacial score (nSPS) is 9.70. The summed E-state index contributed by atoms with van der Waals surface area (Å²) in [7, 11) is -3.40. The van der Waals surface area contributed by atoms with Crippen LogP contribution in [0.3, 0.4) is 0 Å². The fraction of sp³-hybridized carbons (Fsp3) is 0.0800. The minimum atomic E-state index is -3.40. The smallest absolute Gasteiger partial charge is 0.273 e. The fourth-order valence-corrected chi connectivity index (χ4v) is 3.94. The van der Waals surface area contributed by atoms with Crippen LogP contribution >= 0.6 is 25.3 Å². The van der Waals surface area contributed by atoms with Crippen molar-refractivity contribution in [2.45, 2.75) is 12.3 Å². The Hall–Kier alpha value is -3.58. The van der Waals surface area contributed by atoms with Crippen LogP contribution in [-0.2, 0) is 9.84 Å². The number of sulfone groups is 1. The van der Waals surface area contributed by atoms with Crippen molar-refractivity contribution in [1.82, 2.24) is 9.78 Å². The number of carbonyl (C=O) groups is 2. The number of nitrogens with two attached hydrogens (primary N) is 2. The number of nitrogens with zero attached hydrogens (tertiary/aromatic N) is 2. The number of hydrogen-bond acceptors (Lipinski definition) is 5. The summed E-state index contributed by atoms with van der Waals surface area (Å²) in [5.41, 5.74) is 12.8. The third-order valence-corrected chi connectivity index (χ3v) is 5.49. The van der Waals surface area contributed by atoms with Crippen molar-refractivity contribution in [2.75, 3.05) is 6.26 Å². The second-order valence-corrected chi connectivity index (χ2v) is 9.84. The van der Waals surface area contributed by atoms with Crippen LogP contribution in [0.5, 0.6) is 0 Å². The van der Waals surface area contributed by atoms with Crippen molar-refractivity contribution in [1.29, 1.82) is 0 Å². The molecule has 0 saturated heterocycles. The zero-order valence-corrected chi connectivity index (χ0v) is 21.8. The van der Waals surface area contributed by atoms with Crippen LogP contribution in [0.15, 0.2) is 95.9 Å². The second kappa shape index (κ2) is 15.5. The van der Waals surface area contributed by atoms with Crippen molar-refractivity contribution in [3.63, 3.8) is 0 Å². The molecule has 0 spiro atoms. The van der Waals surface area contributed by atoms with E-state index < -0.39 is 20.3 Å². The summed E-state index contributed by atoms with van der Waals surface area (Å²) in [6.45, 7) is 0. The lowest BCUT2D eigenvalue weighted by Crippen LogP contribution is -2.07. The van der Waals surface area contributed by atoms with Crippen molar-refractivity contribution in [3.05, 3.63) is 91.0 Å². The lowest BCUT2D eigenvalue weighted by molar-refractivity contribution is 0.266. The molecule has 3 aromatic carbocycles. The van der Waals surface area contributed by atoms with Crippen molar-refractivity contribution < 1.29 is 23.5 Å². The Kier molecular flexibility index (Phi) is 14.0. The molecule has 12 heteroatoms. The third-order valence-electron chi connectivity index (χ3n) is 4.34. The predicted molar refractivity (Wildman–Crippen MR) is 155 cm³/mol. The Balaban J connectivity index is 0.00000115. The minimum absolute atomic E-state index is 0. The highest BCUT2D eigenvalue weighted by Gasteiger charge is 2.19. The van der Waals surface area contributed by atoms with Crippen molar-refractivity contribution >= 4 is 45.6 Å². The molecule has 0 radical (unpaired) electrons. The molecule has 198 valence electrons. The first-order valence-corrected chi connectivity index (χ1v) is 12.8. The molecule has 6 N–H and O–H groups in total. The van der Waals surface area contributed by atoms with Crippen LogP contribution in [0.25, 0.3) is 28.2 Å². The topological polar surface area (TPSA) is 170 Å². The maximum Gasteiger partial charge on any atom is 0.273 e. The molecule has 1 aromatic heterocycles. The number of primary amides is 2. The molecule has 0 unspecified atom stereocenters. The first-order chi connectivity index (χ1) is 16.5. The Morgan fingerprint density at radius 1 is 0.784 bits per heavy atom.